The second-order valence-corrected chi connectivity index (χ2v) is 10.5. The molecular formula is C31H22Cl2F6O4. The predicted molar refractivity (Wildman–Crippen MR) is 149 cm³/mol. The van der Waals surface area contributed by atoms with Crippen LogP contribution < -0.4 is 9.47 Å². The Hall–Kier alpha value is -3.73. The third-order valence-corrected chi connectivity index (χ3v) is 6.72. The third kappa shape index (κ3) is 8.43. The summed E-state index contributed by atoms with van der Waals surface area (Å²) in [5.41, 5.74) is -2.86. The number of epoxide rings is 1. The van der Waals surface area contributed by atoms with Crippen LogP contribution >= 0.6 is 23.2 Å². The van der Waals surface area contributed by atoms with E-state index in [9.17, 15) is 31.1 Å². The largest absolute Gasteiger partial charge is 0.457 e. The van der Waals surface area contributed by atoms with Crippen molar-refractivity contribution in [1.82, 2.24) is 0 Å². The van der Waals surface area contributed by atoms with Gasteiger partial charge in [0.05, 0.1) is 17.7 Å². The average Bonchev–Trinajstić information content (AvgIpc) is 3.68. The molecule has 0 spiro atoms. The summed E-state index contributed by atoms with van der Waals surface area (Å²) in [6.07, 6.45) is -9.09. The Balaban J connectivity index is 0.000000197. The third-order valence-electron chi connectivity index (χ3n) is 6.22. The molecule has 1 heterocycles. The van der Waals surface area contributed by atoms with Crippen molar-refractivity contribution in [2.24, 2.45) is 0 Å². The summed E-state index contributed by atoms with van der Waals surface area (Å²) in [5, 5.41) is 1.02. The zero-order valence-electron chi connectivity index (χ0n) is 22.4. The molecule has 1 unspecified atom stereocenters. The van der Waals surface area contributed by atoms with Gasteiger partial charge in [-0.15, -0.1) is 0 Å². The zero-order chi connectivity index (χ0) is 31.6. The zero-order valence-corrected chi connectivity index (χ0v) is 24.0. The summed E-state index contributed by atoms with van der Waals surface area (Å²) in [7, 11) is 0. The van der Waals surface area contributed by atoms with E-state index < -0.39 is 34.9 Å². The molecule has 0 radical (unpaired) electrons. The Morgan fingerprint density at radius 2 is 1.09 bits per heavy atom. The Bertz CT molecular complexity index is 1600. The smallest absolute Gasteiger partial charge is 0.417 e. The average molecular weight is 643 g/mol. The highest BCUT2D eigenvalue weighted by atomic mass is 35.5. The van der Waals surface area contributed by atoms with Crippen LogP contribution in [0, 0.1) is 0 Å². The molecule has 1 saturated heterocycles. The van der Waals surface area contributed by atoms with Crippen molar-refractivity contribution in [3.05, 3.63) is 117 Å². The molecule has 0 aliphatic carbocycles. The van der Waals surface area contributed by atoms with Crippen molar-refractivity contribution >= 4 is 29.0 Å². The monoisotopic (exact) mass is 642 g/mol. The molecule has 0 amide bonds. The summed E-state index contributed by atoms with van der Waals surface area (Å²) in [4.78, 5) is 11.3. The summed E-state index contributed by atoms with van der Waals surface area (Å²) >= 11 is 11.5. The predicted octanol–water partition coefficient (Wildman–Crippen LogP) is 10.8. The van der Waals surface area contributed by atoms with E-state index in [-0.39, 0.29) is 29.2 Å². The van der Waals surface area contributed by atoms with Gasteiger partial charge in [-0.3, -0.25) is 4.79 Å². The molecule has 4 aromatic rings. The maximum Gasteiger partial charge on any atom is 0.417 e. The molecule has 0 N–H and O–H groups in total. The number of halogens is 8. The number of Topliss-reactive ketones (excluding diaryl/α,β-unsaturated/α-hetero) is 1. The van der Waals surface area contributed by atoms with Crippen LogP contribution in [0.5, 0.6) is 23.0 Å². The van der Waals surface area contributed by atoms with E-state index in [1.54, 1.807) is 43.3 Å². The first-order chi connectivity index (χ1) is 20.0. The first-order valence-corrected chi connectivity index (χ1v) is 13.3. The molecule has 43 heavy (non-hydrogen) atoms. The second-order valence-electron chi connectivity index (χ2n) is 9.60. The fourth-order valence-corrected chi connectivity index (χ4v) is 4.20. The lowest BCUT2D eigenvalue weighted by Gasteiger charge is -2.17. The van der Waals surface area contributed by atoms with Gasteiger partial charge in [0.15, 0.2) is 5.78 Å². The van der Waals surface area contributed by atoms with Crippen LogP contribution in [0.15, 0.2) is 84.9 Å². The SMILES string of the molecule is CC(=O)c1ccc(Oc2ccc(Cl)cc2)cc1C(F)(F)F.CC1(c2ccc(Oc3ccc(Cl)cc3)cc2C(F)(F)F)CO1. The first-order valence-electron chi connectivity index (χ1n) is 12.5. The van der Waals surface area contributed by atoms with Gasteiger partial charge in [0.1, 0.15) is 28.6 Å². The van der Waals surface area contributed by atoms with Crippen LogP contribution in [0.4, 0.5) is 26.3 Å². The van der Waals surface area contributed by atoms with Gasteiger partial charge in [-0.05, 0) is 98.3 Å². The number of ketones is 1. The normalized spacial score (nSPS) is 16.1. The number of hydrogen-bond acceptors (Lipinski definition) is 4. The van der Waals surface area contributed by atoms with E-state index in [0.717, 1.165) is 25.1 Å². The van der Waals surface area contributed by atoms with E-state index in [4.69, 9.17) is 37.4 Å². The topological polar surface area (TPSA) is 48.1 Å². The van der Waals surface area contributed by atoms with E-state index >= 15 is 0 Å². The van der Waals surface area contributed by atoms with Crippen molar-refractivity contribution < 1.29 is 45.3 Å². The number of carbonyl (C=O) groups excluding carboxylic acids is 1. The molecule has 226 valence electrons. The molecule has 1 aliphatic heterocycles. The van der Waals surface area contributed by atoms with Gasteiger partial charge in [-0.2, -0.15) is 26.3 Å². The van der Waals surface area contributed by atoms with Gasteiger partial charge in [-0.25, -0.2) is 0 Å². The number of benzene rings is 4. The van der Waals surface area contributed by atoms with Gasteiger partial charge >= 0.3 is 12.4 Å². The Kier molecular flexibility index (Phi) is 9.34. The maximum atomic E-state index is 13.2. The summed E-state index contributed by atoms with van der Waals surface area (Å²) in [5.74, 6) is 0.222. The van der Waals surface area contributed by atoms with Crippen molar-refractivity contribution in [3.63, 3.8) is 0 Å². The van der Waals surface area contributed by atoms with Gasteiger partial charge < -0.3 is 14.2 Å². The molecule has 4 aromatic carbocycles. The number of alkyl halides is 6. The standard InChI is InChI=1S/C16H12ClF3O2.C15H10ClF3O2/c1-15(9-21-15)13-7-6-12(8-14(13)16(18,19)20)22-11-4-2-10(17)3-5-11;1-9(20)13-7-6-12(8-14(13)15(17,18)19)21-11-4-2-10(16)3-5-11/h2-8H,9H2,1H3;2-8H,1H3. The highest BCUT2D eigenvalue weighted by Gasteiger charge is 2.47. The van der Waals surface area contributed by atoms with E-state index in [2.05, 4.69) is 0 Å². The number of hydrogen-bond donors (Lipinski definition) is 0. The van der Waals surface area contributed by atoms with Gasteiger partial charge in [0, 0.05) is 15.6 Å². The van der Waals surface area contributed by atoms with Crippen molar-refractivity contribution in [2.75, 3.05) is 6.61 Å². The Morgan fingerprint density at radius 1 is 0.698 bits per heavy atom. The Morgan fingerprint density at radius 3 is 1.49 bits per heavy atom. The fraction of sp³-hybridized carbons (Fsp3) is 0.194. The molecule has 0 bridgehead atoms. The maximum absolute atomic E-state index is 13.2. The Labute approximate surface area is 252 Å². The lowest BCUT2D eigenvalue weighted by molar-refractivity contribution is -0.139. The molecule has 1 fully saturated rings. The molecule has 0 saturated carbocycles. The van der Waals surface area contributed by atoms with Crippen molar-refractivity contribution in [3.8, 4) is 23.0 Å². The molecular weight excluding hydrogens is 621 g/mol. The summed E-state index contributed by atoms with van der Waals surface area (Å²) in [6.45, 7) is 3.01. The molecule has 1 atom stereocenters. The quantitative estimate of drug-likeness (QED) is 0.119. The highest BCUT2D eigenvalue weighted by molar-refractivity contribution is 6.30. The lowest BCUT2D eigenvalue weighted by atomic mass is 9.95. The van der Waals surface area contributed by atoms with Gasteiger partial charge in [0.25, 0.3) is 0 Å². The summed E-state index contributed by atoms with van der Waals surface area (Å²) < 4.78 is 94.5. The van der Waals surface area contributed by atoms with E-state index in [1.165, 1.54) is 30.3 Å². The molecule has 1 aliphatic rings. The molecule has 0 aromatic heterocycles. The van der Waals surface area contributed by atoms with Crippen LogP contribution in [-0.2, 0) is 22.7 Å². The van der Waals surface area contributed by atoms with Crippen LogP contribution in [0.3, 0.4) is 0 Å². The first kappa shape index (κ1) is 32.2. The number of rotatable bonds is 6. The van der Waals surface area contributed by atoms with Crippen LogP contribution in [0.2, 0.25) is 10.0 Å². The van der Waals surface area contributed by atoms with Gasteiger partial charge in [0.2, 0.25) is 0 Å². The van der Waals surface area contributed by atoms with Crippen LogP contribution in [0.25, 0.3) is 0 Å². The molecule has 12 heteroatoms. The van der Waals surface area contributed by atoms with E-state index in [1.807, 2.05) is 0 Å². The molecule has 4 nitrogen and oxygen atoms in total. The minimum Gasteiger partial charge on any atom is -0.457 e. The van der Waals surface area contributed by atoms with Gasteiger partial charge in [-0.1, -0.05) is 29.3 Å². The number of carbonyl (C=O) groups is 1. The van der Waals surface area contributed by atoms with Crippen molar-refractivity contribution in [2.45, 2.75) is 31.8 Å². The minimum atomic E-state index is -4.62. The lowest BCUT2D eigenvalue weighted by Crippen LogP contribution is -2.15. The fourth-order valence-electron chi connectivity index (χ4n) is 3.95. The number of ether oxygens (including phenoxy) is 3. The second kappa shape index (κ2) is 12.5. The minimum absolute atomic E-state index is 0.00496. The highest BCUT2D eigenvalue weighted by Crippen LogP contribution is 2.46. The van der Waals surface area contributed by atoms with Crippen LogP contribution in [-0.4, -0.2) is 12.4 Å². The van der Waals surface area contributed by atoms with Crippen LogP contribution in [0.1, 0.15) is 40.9 Å². The summed E-state index contributed by atoms with van der Waals surface area (Å²) in [6, 6.07) is 19.7. The van der Waals surface area contributed by atoms with E-state index in [0.29, 0.717) is 21.5 Å². The molecule has 5 rings (SSSR count). The van der Waals surface area contributed by atoms with Crippen molar-refractivity contribution in [1.29, 1.82) is 0 Å².